The average molecular weight is 340 g/mol. The zero-order valence-corrected chi connectivity index (χ0v) is 15.2. The Balaban J connectivity index is 1.62. The minimum atomic E-state index is -3.04. The molecule has 2 saturated heterocycles. The maximum absolute atomic E-state index is 11.6. The van der Waals surface area contributed by atoms with Crippen LogP contribution in [0.3, 0.4) is 0 Å². The van der Waals surface area contributed by atoms with Crippen molar-refractivity contribution in [2.45, 2.75) is 44.6 Å². The Labute approximate surface area is 139 Å². The summed E-state index contributed by atoms with van der Waals surface area (Å²) in [6.45, 7) is 5.54. The molecule has 23 heavy (non-hydrogen) atoms. The topological polar surface area (TPSA) is 58.4 Å². The molecule has 2 aliphatic rings. The normalized spacial score (nSPS) is 25.8. The van der Waals surface area contributed by atoms with Crippen LogP contribution in [0.15, 0.2) is 6.20 Å². The van der Waals surface area contributed by atoms with E-state index in [1.165, 1.54) is 24.9 Å². The molecule has 0 aliphatic carbocycles. The molecule has 130 valence electrons. The first-order chi connectivity index (χ1) is 10.8. The predicted molar refractivity (Wildman–Crippen MR) is 90.9 cm³/mol. The highest BCUT2D eigenvalue weighted by atomic mass is 32.2. The standard InChI is InChI=1S/C16H28N4O2S/c1-13-11-18(2)16(17-13)14-5-4-8-19(12-14)15-6-9-20(10-7-15)23(3,21)22/h11,14-15H,4-10,12H2,1-3H3/t14-/m1/s1. The summed E-state index contributed by atoms with van der Waals surface area (Å²) >= 11 is 0. The number of hydrogen-bond acceptors (Lipinski definition) is 4. The summed E-state index contributed by atoms with van der Waals surface area (Å²) in [5.74, 6) is 1.69. The Kier molecular flexibility index (Phi) is 4.80. The van der Waals surface area contributed by atoms with Crippen molar-refractivity contribution in [1.82, 2.24) is 18.8 Å². The fourth-order valence-corrected chi connectivity index (χ4v) is 4.98. The molecule has 0 saturated carbocycles. The third kappa shape index (κ3) is 3.78. The molecule has 0 amide bonds. The maximum Gasteiger partial charge on any atom is 0.211 e. The summed E-state index contributed by atoms with van der Waals surface area (Å²) in [5.41, 5.74) is 1.08. The number of aryl methyl sites for hydroxylation is 2. The zero-order valence-electron chi connectivity index (χ0n) is 14.4. The smallest absolute Gasteiger partial charge is 0.211 e. The van der Waals surface area contributed by atoms with Crippen LogP contribution in [-0.2, 0) is 17.1 Å². The van der Waals surface area contributed by atoms with Crippen molar-refractivity contribution in [3.63, 3.8) is 0 Å². The Morgan fingerprint density at radius 3 is 2.43 bits per heavy atom. The number of hydrogen-bond donors (Lipinski definition) is 0. The second kappa shape index (κ2) is 6.53. The molecule has 1 aromatic heterocycles. The largest absolute Gasteiger partial charge is 0.337 e. The van der Waals surface area contributed by atoms with Gasteiger partial charge in [0, 0.05) is 44.8 Å². The lowest BCUT2D eigenvalue weighted by molar-refractivity contribution is 0.105. The molecule has 0 N–H and O–H groups in total. The molecule has 0 aromatic carbocycles. The lowest BCUT2D eigenvalue weighted by atomic mass is 9.93. The Bertz CT molecular complexity index is 647. The van der Waals surface area contributed by atoms with Crippen LogP contribution < -0.4 is 0 Å². The zero-order chi connectivity index (χ0) is 16.6. The second-order valence-corrected chi connectivity index (χ2v) is 9.06. The molecular formula is C16H28N4O2S. The fourth-order valence-electron chi connectivity index (χ4n) is 4.10. The Hall–Kier alpha value is -0.920. The van der Waals surface area contributed by atoms with Gasteiger partial charge in [0.2, 0.25) is 10.0 Å². The molecule has 0 spiro atoms. The Morgan fingerprint density at radius 2 is 1.87 bits per heavy atom. The van der Waals surface area contributed by atoms with Crippen LogP contribution in [0.1, 0.15) is 43.1 Å². The molecule has 0 bridgehead atoms. The first-order valence-corrected chi connectivity index (χ1v) is 10.4. The average Bonchev–Trinajstić information content (AvgIpc) is 2.85. The van der Waals surface area contributed by atoms with E-state index in [4.69, 9.17) is 4.98 Å². The molecule has 0 radical (unpaired) electrons. The summed E-state index contributed by atoms with van der Waals surface area (Å²) in [6, 6.07) is 0.511. The van der Waals surface area contributed by atoms with Gasteiger partial charge in [-0.15, -0.1) is 0 Å². The highest BCUT2D eigenvalue weighted by Gasteiger charge is 2.32. The second-order valence-electron chi connectivity index (χ2n) is 7.08. The number of sulfonamides is 1. The van der Waals surface area contributed by atoms with Crippen LogP contribution in [0.4, 0.5) is 0 Å². The molecule has 3 rings (SSSR count). The van der Waals surface area contributed by atoms with Gasteiger partial charge in [-0.05, 0) is 39.2 Å². The number of imidazole rings is 1. The van der Waals surface area contributed by atoms with E-state index >= 15 is 0 Å². The van der Waals surface area contributed by atoms with Gasteiger partial charge >= 0.3 is 0 Å². The number of likely N-dealkylation sites (tertiary alicyclic amines) is 1. The van der Waals surface area contributed by atoms with Gasteiger partial charge in [0.25, 0.3) is 0 Å². The van der Waals surface area contributed by atoms with Crippen molar-refractivity contribution >= 4 is 10.0 Å². The molecule has 2 aliphatic heterocycles. The molecule has 1 aromatic rings. The number of rotatable bonds is 3. The van der Waals surface area contributed by atoms with E-state index in [0.717, 1.165) is 31.6 Å². The predicted octanol–water partition coefficient (Wildman–Crippen LogP) is 1.33. The third-order valence-corrected chi connectivity index (χ3v) is 6.56. The van der Waals surface area contributed by atoms with E-state index in [-0.39, 0.29) is 0 Å². The molecule has 7 heteroatoms. The van der Waals surface area contributed by atoms with Gasteiger partial charge in [-0.25, -0.2) is 17.7 Å². The van der Waals surface area contributed by atoms with Gasteiger partial charge < -0.3 is 4.57 Å². The summed E-state index contributed by atoms with van der Waals surface area (Å²) in [6.07, 6.45) is 7.69. The molecule has 2 fully saturated rings. The van der Waals surface area contributed by atoms with Gasteiger partial charge in [-0.2, -0.15) is 0 Å². The van der Waals surface area contributed by atoms with E-state index in [1.807, 2.05) is 6.92 Å². The molecular weight excluding hydrogens is 312 g/mol. The molecule has 1 atom stereocenters. The highest BCUT2D eigenvalue weighted by Crippen LogP contribution is 2.29. The van der Waals surface area contributed by atoms with Crippen molar-refractivity contribution in [2.24, 2.45) is 7.05 Å². The maximum atomic E-state index is 11.6. The quantitative estimate of drug-likeness (QED) is 0.833. The van der Waals surface area contributed by atoms with E-state index in [1.54, 1.807) is 4.31 Å². The molecule has 0 unspecified atom stereocenters. The van der Waals surface area contributed by atoms with Crippen molar-refractivity contribution in [2.75, 3.05) is 32.4 Å². The van der Waals surface area contributed by atoms with Gasteiger partial charge in [0.05, 0.1) is 11.9 Å². The first-order valence-electron chi connectivity index (χ1n) is 8.53. The minimum Gasteiger partial charge on any atom is -0.337 e. The van der Waals surface area contributed by atoms with Gasteiger partial charge in [0.1, 0.15) is 5.82 Å². The summed E-state index contributed by atoms with van der Waals surface area (Å²) < 4.78 is 27.1. The summed E-state index contributed by atoms with van der Waals surface area (Å²) in [5, 5.41) is 0. The van der Waals surface area contributed by atoms with E-state index in [9.17, 15) is 8.42 Å². The van der Waals surface area contributed by atoms with Gasteiger partial charge in [-0.1, -0.05) is 0 Å². The van der Waals surface area contributed by atoms with E-state index in [2.05, 4.69) is 22.7 Å². The van der Waals surface area contributed by atoms with Crippen molar-refractivity contribution in [3.05, 3.63) is 17.7 Å². The SMILES string of the molecule is Cc1cn(C)c([C@@H]2CCCN(C3CCN(S(C)(=O)=O)CC3)C2)n1. The fraction of sp³-hybridized carbons (Fsp3) is 0.812. The van der Waals surface area contributed by atoms with Crippen LogP contribution in [0.25, 0.3) is 0 Å². The number of piperidine rings is 2. The van der Waals surface area contributed by atoms with Crippen molar-refractivity contribution in [3.8, 4) is 0 Å². The lowest BCUT2D eigenvalue weighted by Gasteiger charge is -2.41. The van der Waals surface area contributed by atoms with E-state index in [0.29, 0.717) is 25.0 Å². The number of aromatic nitrogens is 2. The van der Waals surface area contributed by atoms with Gasteiger partial charge in [-0.3, -0.25) is 4.90 Å². The molecule has 6 nitrogen and oxygen atoms in total. The van der Waals surface area contributed by atoms with Crippen LogP contribution in [0, 0.1) is 6.92 Å². The van der Waals surface area contributed by atoms with Crippen molar-refractivity contribution < 1.29 is 8.42 Å². The highest BCUT2D eigenvalue weighted by molar-refractivity contribution is 7.88. The van der Waals surface area contributed by atoms with Crippen molar-refractivity contribution in [1.29, 1.82) is 0 Å². The summed E-state index contributed by atoms with van der Waals surface area (Å²) in [7, 11) is -0.953. The van der Waals surface area contributed by atoms with Crippen LogP contribution in [0.2, 0.25) is 0 Å². The van der Waals surface area contributed by atoms with Gasteiger partial charge in [0.15, 0.2) is 0 Å². The van der Waals surface area contributed by atoms with E-state index < -0.39 is 10.0 Å². The van der Waals surface area contributed by atoms with Crippen LogP contribution in [0.5, 0.6) is 0 Å². The first kappa shape index (κ1) is 16.9. The third-order valence-electron chi connectivity index (χ3n) is 5.26. The monoisotopic (exact) mass is 340 g/mol. The minimum absolute atomic E-state index is 0.496. The molecule has 3 heterocycles. The number of nitrogens with zero attached hydrogens (tertiary/aromatic N) is 4. The van der Waals surface area contributed by atoms with Crippen LogP contribution in [-0.4, -0.2) is 65.7 Å². The summed E-state index contributed by atoms with van der Waals surface area (Å²) in [4.78, 5) is 7.27. The lowest BCUT2D eigenvalue weighted by Crippen LogP contribution is -2.49. The van der Waals surface area contributed by atoms with Crippen LogP contribution >= 0.6 is 0 Å². The Morgan fingerprint density at radius 1 is 1.17 bits per heavy atom.